The molecule has 0 heterocycles. The van der Waals surface area contributed by atoms with Crippen molar-refractivity contribution in [1.82, 2.24) is 5.32 Å². The summed E-state index contributed by atoms with van der Waals surface area (Å²) < 4.78 is 0. The molecule has 1 rings (SSSR count). The van der Waals surface area contributed by atoms with E-state index in [4.69, 9.17) is 5.53 Å². The summed E-state index contributed by atoms with van der Waals surface area (Å²) in [4.78, 5) is 14.0. The smallest absolute Gasteiger partial charge is 0.251 e. The number of hydrogen-bond acceptors (Lipinski definition) is 2. The van der Waals surface area contributed by atoms with E-state index in [0.717, 1.165) is 0 Å². The van der Waals surface area contributed by atoms with E-state index in [1.54, 1.807) is 24.3 Å². The van der Waals surface area contributed by atoms with Gasteiger partial charge in [0, 0.05) is 22.7 Å². The second-order valence-corrected chi connectivity index (χ2v) is 2.60. The van der Waals surface area contributed by atoms with Crippen molar-refractivity contribution >= 4 is 11.6 Å². The van der Waals surface area contributed by atoms with Crippen LogP contribution in [0.3, 0.4) is 0 Å². The Hall–Kier alpha value is -2.00. The van der Waals surface area contributed by atoms with Crippen molar-refractivity contribution in [2.75, 3.05) is 6.54 Å². The highest BCUT2D eigenvalue weighted by molar-refractivity contribution is 5.94. The quantitative estimate of drug-likeness (QED) is 0.443. The number of nitrogens with zero attached hydrogens (tertiary/aromatic N) is 3. The zero-order valence-electron chi connectivity index (χ0n) is 7.77. The Morgan fingerprint density at radius 1 is 1.64 bits per heavy atom. The molecule has 0 radical (unpaired) electrons. The van der Waals surface area contributed by atoms with E-state index in [1.165, 1.54) is 0 Å². The zero-order valence-corrected chi connectivity index (χ0v) is 7.77. The molecule has 5 nitrogen and oxygen atoms in total. The van der Waals surface area contributed by atoms with E-state index in [-0.39, 0.29) is 5.91 Å². The molecule has 0 spiro atoms. The maximum atomic E-state index is 11.4. The van der Waals surface area contributed by atoms with Crippen LogP contribution in [0.1, 0.15) is 17.3 Å². The third-order valence-electron chi connectivity index (χ3n) is 1.61. The van der Waals surface area contributed by atoms with Crippen LogP contribution in [0.15, 0.2) is 29.4 Å². The molecular weight excluding hydrogens is 180 g/mol. The molecule has 14 heavy (non-hydrogen) atoms. The van der Waals surface area contributed by atoms with Crippen molar-refractivity contribution < 1.29 is 4.79 Å². The number of amides is 1. The summed E-state index contributed by atoms with van der Waals surface area (Å²) in [5.41, 5.74) is 9.15. The molecular formula is C9H10N4O. The minimum absolute atomic E-state index is 0.164. The van der Waals surface area contributed by atoms with E-state index in [1.807, 2.05) is 6.92 Å². The fourth-order valence-corrected chi connectivity index (χ4v) is 1.02. The average Bonchev–Trinajstić information content (AvgIpc) is 2.19. The van der Waals surface area contributed by atoms with Crippen LogP contribution in [0.4, 0.5) is 5.69 Å². The number of azide groups is 1. The molecule has 0 aromatic heterocycles. The first-order chi connectivity index (χ1) is 6.77. The lowest BCUT2D eigenvalue weighted by Gasteiger charge is -2.01. The number of carbonyl (C=O) groups is 1. The van der Waals surface area contributed by atoms with Gasteiger partial charge >= 0.3 is 0 Å². The number of nitrogens with one attached hydrogen (secondary N) is 1. The van der Waals surface area contributed by atoms with Gasteiger partial charge in [0.2, 0.25) is 0 Å². The molecule has 0 bridgehead atoms. The molecule has 72 valence electrons. The van der Waals surface area contributed by atoms with Gasteiger partial charge in [-0.1, -0.05) is 17.2 Å². The van der Waals surface area contributed by atoms with Crippen LogP contribution in [0.2, 0.25) is 0 Å². The topological polar surface area (TPSA) is 77.9 Å². The maximum absolute atomic E-state index is 11.4. The lowest BCUT2D eigenvalue weighted by molar-refractivity contribution is 0.0956. The molecule has 0 aliphatic heterocycles. The van der Waals surface area contributed by atoms with Crippen molar-refractivity contribution in [3.63, 3.8) is 0 Å². The Morgan fingerprint density at radius 3 is 3.07 bits per heavy atom. The summed E-state index contributed by atoms with van der Waals surface area (Å²) in [6, 6.07) is 6.53. The van der Waals surface area contributed by atoms with Crippen molar-refractivity contribution in [1.29, 1.82) is 0 Å². The van der Waals surface area contributed by atoms with Gasteiger partial charge < -0.3 is 5.32 Å². The molecule has 1 N–H and O–H groups in total. The Balaban J connectivity index is 2.93. The summed E-state index contributed by atoms with van der Waals surface area (Å²) in [6.07, 6.45) is 0. The van der Waals surface area contributed by atoms with E-state index < -0.39 is 0 Å². The number of benzene rings is 1. The van der Waals surface area contributed by atoms with Crippen molar-refractivity contribution in [3.8, 4) is 0 Å². The van der Waals surface area contributed by atoms with Gasteiger partial charge in [0.15, 0.2) is 0 Å². The van der Waals surface area contributed by atoms with Crippen LogP contribution >= 0.6 is 0 Å². The highest BCUT2D eigenvalue weighted by Crippen LogP contribution is 2.13. The monoisotopic (exact) mass is 190 g/mol. The average molecular weight is 190 g/mol. The standard InChI is InChI=1S/C9H10N4O/c1-2-11-9(14)7-4-3-5-8(6-7)12-13-10/h3-6H,2H2,1H3,(H,11,14). The minimum Gasteiger partial charge on any atom is -0.352 e. The first-order valence-electron chi connectivity index (χ1n) is 4.21. The molecule has 0 aliphatic carbocycles. The van der Waals surface area contributed by atoms with Crippen LogP contribution < -0.4 is 5.32 Å². The predicted molar refractivity (Wildman–Crippen MR) is 53.3 cm³/mol. The molecule has 0 atom stereocenters. The zero-order chi connectivity index (χ0) is 10.4. The van der Waals surface area contributed by atoms with Gasteiger partial charge in [0.05, 0.1) is 0 Å². The Morgan fingerprint density at radius 2 is 2.43 bits per heavy atom. The normalized spacial score (nSPS) is 8.93. The van der Waals surface area contributed by atoms with Crippen LogP contribution in [-0.2, 0) is 0 Å². The second-order valence-electron chi connectivity index (χ2n) is 2.60. The summed E-state index contributed by atoms with van der Waals surface area (Å²) in [7, 11) is 0. The van der Waals surface area contributed by atoms with E-state index in [0.29, 0.717) is 17.8 Å². The van der Waals surface area contributed by atoms with Crippen LogP contribution in [0.5, 0.6) is 0 Å². The summed E-state index contributed by atoms with van der Waals surface area (Å²) in [5.74, 6) is -0.164. The molecule has 1 aromatic rings. The molecule has 0 unspecified atom stereocenters. The van der Waals surface area contributed by atoms with Gasteiger partial charge in [-0.25, -0.2) is 0 Å². The molecule has 5 heteroatoms. The van der Waals surface area contributed by atoms with Gasteiger partial charge in [-0.05, 0) is 24.6 Å². The summed E-state index contributed by atoms with van der Waals surface area (Å²) in [6.45, 7) is 2.42. The van der Waals surface area contributed by atoms with Crippen molar-refractivity contribution in [2.24, 2.45) is 5.11 Å². The molecule has 0 saturated carbocycles. The fraction of sp³-hybridized carbons (Fsp3) is 0.222. The number of rotatable bonds is 3. The molecule has 1 amide bonds. The molecule has 0 aliphatic rings. The third kappa shape index (κ3) is 2.50. The van der Waals surface area contributed by atoms with Gasteiger partial charge in [0.25, 0.3) is 5.91 Å². The highest BCUT2D eigenvalue weighted by atomic mass is 16.1. The lowest BCUT2D eigenvalue weighted by atomic mass is 10.2. The van der Waals surface area contributed by atoms with Crippen LogP contribution in [0, 0.1) is 0 Å². The molecule has 0 fully saturated rings. The first-order valence-corrected chi connectivity index (χ1v) is 4.21. The summed E-state index contributed by atoms with van der Waals surface area (Å²) >= 11 is 0. The van der Waals surface area contributed by atoms with Crippen LogP contribution in [0.25, 0.3) is 10.4 Å². The second kappa shape index (κ2) is 4.89. The van der Waals surface area contributed by atoms with Gasteiger partial charge in [-0.3, -0.25) is 4.79 Å². The van der Waals surface area contributed by atoms with Crippen molar-refractivity contribution in [2.45, 2.75) is 6.92 Å². The van der Waals surface area contributed by atoms with Crippen LogP contribution in [-0.4, -0.2) is 12.5 Å². The first kappa shape index (κ1) is 10.1. The Kier molecular flexibility index (Phi) is 3.52. The van der Waals surface area contributed by atoms with E-state index in [9.17, 15) is 4.79 Å². The fourth-order valence-electron chi connectivity index (χ4n) is 1.02. The summed E-state index contributed by atoms with van der Waals surface area (Å²) in [5, 5.41) is 6.07. The lowest BCUT2D eigenvalue weighted by Crippen LogP contribution is -2.22. The maximum Gasteiger partial charge on any atom is 0.251 e. The SMILES string of the molecule is CCNC(=O)c1cccc(N=[N+]=[N-])c1. The van der Waals surface area contributed by atoms with E-state index >= 15 is 0 Å². The number of carbonyl (C=O) groups excluding carboxylic acids is 1. The Labute approximate surface area is 81.4 Å². The van der Waals surface area contributed by atoms with Gasteiger partial charge in [-0.2, -0.15) is 0 Å². The minimum atomic E-state index is -0.164. The van der Waals surface area contributed by atoms with Crippen molar-refractivity contribution in [3.05, 3.63) is 40.3 Å². The predicted octanol–water partition coefficient (Wildman–Crippen LogP) is 2.38. The van der Waals surface area contributed by atoms with Gasteiger partial charge in [-0.15, -0.1) is 0 Å². The van der Waals surface area contributed by atoms with Gasteiger partial charge in [0.1, 0.15) is 0 Å². The van der Waals surface area contributed by atoms with E-state index in [2.05, 4.69) is 15.3 Å². The molecule has 1 aromatic carbocycles. The largest absolute Gasteiger partial charge is 0.352 e. The number of hydrogen-bond donors (Lipinski definition) is 1. The third-order valence-corrected chi connectivity index (χ3v) is 1.61. The highest BCUT2D eigenvalue weighted by Gasteiger charge is 2.03. The Bertz CT molecular complexity index is 382. The molecule has 0 saturated heterocycles.